The number of cyclic esters (lactones) is 1. The smallest absolute Gasteiger partial charge is 0.331 e. The Labute approximate surface area is 76.1 Å². The van der Waals surface area contributed by atoms with E-state index in [1.165, 1.54) is 6.08 Å². The van der Waals surface area contributed by atoms with Crippen molar-refractivity contribution in [1.29, 1.82) is 0 Å². The van der Waals surface area contributed by atoms with Crippen LogP contribution >= 0.6 is 0 Å². The molecule has 72 valence electrons. The molecular formula is C9H12O4. The summed E-state index contributed by atoms with van der Waals surface area (Å²) in [5.41, 5.74) is 0. The van der Waals surface area contributed by atoms with E-state index in [-0.39, 0.29) is 30.7 Å². The fourth-order valence-electron chi connectivity index (χ4n) is 1.85. The van der Waals surface area contributed by atoms with Crippen LogP contribution in [0.3, 0.4) is 0 Å². The van der Waals surface area contributed by atoms with Gasteiger partial charge in [0.15, 0.2) is 0 Å². The summed E-state index contributed by atoms with van der Waals surface area (Å²) in [5, 5.41) is 8.97. The van der Waals surface area contributed by atoms with Crippen molar-refractivity contribution in [3.63, 3.8) is 0 Å². The maximum Gasteiger partial charge on any atom is 0.331 e. The lowest BCUT2D eigenvalue weighted by Gasteiger charge is -2.20. The monoisotopic (exact) mass is 184 g/mol. The third-order valence-corrected chi connectivity index (χ3v) is 2.54. The molecule has 4 nitrogen and oxygen atoms in total. The van der Waals surface area contributed by atoms with Crippen LogP contribution in [-0.4, -0.2) is 36.5 Å². The summed E-state index contributed by atoms with van der Waals surface area (Å²) in [4.78, 5) is 10.8. The Morgan fingerprint density at radius 3 is 3.08 bits per heavy atom. The highest BCUT2D eigenvalue weighted by Crippen LogP contribution is 2.28. The van der Waals surface area contributed by atoms with Crippen molar-refractivity contribution in [1.82, 2.24) is 0 Å². The van der Waals surface area contributed by atoms with Gasteiger partial charge in [0.2, 0.25) is 0 Å². The van der Waals surface area contributed by atoms with Crippen LogP contribution in [-0.2, 0) is 14.3 Å². The highest BCUT2D eigenvalue weighted by atomic mass is 16.6. The van der Waals surface area contributed by atoms with Gasteiger partial charge in [-0.15, -0.1) is 0 Å². The van der Waals surface area contributed by atoms with Crippen molar-refractivity contribution < 1.29 is 19.4 Å². The first-order valence-electron chi connectivity index (χ1n) is 4.42. The molecule has 3 atom stereocenters. The van der Waals surface area contributed by atoms with Gasteiger partial charge >= 0.3 is 5.97 Å². The molecule has 0 aromatic heterocycles. The maximum atomic E-state index is 10.8. The van der Waals surface area contributed by atoms with Gasteiger partial charge in [-0.2, -0.15) is 0 Å². The Morgan fingerprint density at radius 1 is 1.62 bits per heavy atom. The molecule has 0 saturated carbocycles. The predicted molar refractivity (Wildman–Crippen MR) is 44.0 cm³/mol. The topological polar surface area (TPSA) is 55.8 Å². The fourth-order valence-corrected chi connectivity index (χ4v) is 1.85. The molecule has 2 aliphatic heterocycles. The second kappa shape index (κ2) is 3.47. The number of esters is 1. The first-order chi connectivity index (χ1) is 6.31. The average Bonchev–Trinajstić information content (AvgIpc) is 2.71. The van der Waals surface area contributed by atoms with Gasteiger partial charge in [-0.05, 0) is 12.5 Å². The van der Waals surface area contributed by atoms with Crippen molar-refractivity contribution in [2.75, 3.05) is 13.2 Å². The molecule has 0 aromatic carbocycles. The number of aliphatic hydroxyl groups is 1. The van der Waals surface area contributed by atoms with Gasteiger partial charge < -0.3 is 14.6 Å². The summed E-state index contributed by atoms with van der Waals surface area (Å²) >= 11 is 0. The molecule has 0 radical (unpaired) electrons. The average molecular weight is 184 g/mol. The number of carbonyl (C=O) groups excluding carboxylic acids is 1. The summed E-state index contributed by atoms with van der Waals surface area (Å²) in [6.45, 7) is 0.629. The highest BCUT2D eigenvalue weighted by molar-refractivity contribution is 5.84. The molecule has 1 saturated heterocycles. The van der Waals surface area contributed by atoms with Crippen LogP contribution in [0.2, 0.25) is 0 Å². The molecule has 0 bridgehead atoms. The summed E-state index contributed by atoms with van der Waals surface area (Å²) < 4.78 is 10.3. The van der Waals surface area contributed by atoms with Crippen LogP contribution in [0.4, 0.5) is 0 Å². The Hall–Kier alpha value is -0.870. The van der Waals surface area contributed by atoms with Gasteiger partial charge in [0.1, 0.15) is 6.10 Å². The molecule has 2 heterocycles. The Balaban J connectivity index is 2.00. The zero-order chi connectivity index (χ0) is 9.26. The lowest BCUT2D eigenvalue weighted by atomic mass is 9.95. The molecule has 0 spiro atoms. The molecule has 0 amide bonds. The largest absolute Gasteiger partial charge is 0.455 e. The summed E-state index contributed by atoms with van der Waals surface area (Å²) in [6, 6.07) is 0. The van der Waals surface area contributed by atoms with Crippen LogP contribution in [0.1, 0.15) is 6.42 Å². The summed E-state index contributed by atoms with van der Waals surface area (Å²) in [5.74, 6) is -0.179. The Morgan fingerprint density at radius 2 is 2.46 bits per heavy atom. The van der Waals surface area contributed by atoms with Crippen molar-refractivity contribution in [3.05, 3.63) is 12.2 Å². The molecule has 0 aliphatic carbocycles. The normalized spacial score (nSPS) is 38.2. The number of rotatable bonds is 2. The molecular weight excluding hydrogens is 172 g/mol. The molecule has 0 unspecified atom stereocenters. The molecule has 1 fully saturated rings. The molecule has 4 heteroatoms. The van der Waals surface area contributed by atoms with Gasteiger partial charge in [0, 0.05) is 18.6 Å². The molecule has 13 heavy (non-hydrogen) atoms. The van der Waals surface area contributed by atoms with Crippen LogP contribution in [0.5, 0.6) is 0 Å². The van der Waals surface area contributed by atoms with Crippen LogP contribution in [0.25, 0.3) is 0 Å². The standard InChI is InChI=1S/C9H12O4/c10-5-8-6(3-4-12-8)7-1-2-9(11)13-7/h1-2,6-8,10H,3-5H2/t6-,7+,8+/m0/s1. The van der Waals surface area contributed by atoms with Crippen LogP contribution in [0, 0.1) is 5.92 Å². The van der Waals surface area contributed by atoms with E-state index in [4.69, 9.17) is 14.6 Å². The van der Waals surface area contributed by atoms with Crippen molar-refractivity contribution in [2.24, 2.45) is 5.92 Å². The van der Waals surface area contributed by atoms with E-state index in [1.54, 1.807) is 6.08 Å². The maximum absolute atomic E-state index is 10.8. The minimum atomic E-state index is -0.298. The van der Waals surface area contributed by atoms with Crippen LogP contribution in [0.15, 0.2) is 12.2 Å². The number of hydrogen-bond acceptors (Lipinski definition) is 4. The molecule has 1 N–H and O–H groups in total. The number of ether oxygens (including phenoxy) is 2. The third kappa shape index (κ3) is 1.59. The SMILES string of the molecule is O=C1C=C[C@H]([C@@H]2CCO[C@@H]2CO)O1. The van der Waals surface area contributed by atoms with Gasteiger partial charge in [0.05, 0.1) is 12.7 Å². The quantitative estimate of drug-likeness (QED) is 0.607. The fraction of sp³-hybridized carbons (Fsp3) is 0.667. The summed E-state index contributed by atoms with van der Waals surface area (Å²) in [6.07, 6.45) is 3.63. The van der Waals surface area contributed by atoms with E-state index in [0.29, 0.717) is 6.61 Å². The number of aliphatic hydroxyl groups excluding tert-OH is 1. The first kappa shape index (κ1) is 8.72. The number of carbonyl (C=O) groups is 1. The molecule has 0 aromatic rings. The van der Waals surface area contributed by atoms with Gasteiger partial charge in [-0.25, -0.2) is 4.79 Å². The van der Waals surface area contributed by atoms with E-state index in [9.17, 15) is 4.79 Å². The van der Waals surface area contributed by atoms with E-state index in [1.807, 2.05) is 0 Å². The number of hydrogen-bond donors (Lipinski definition) is 1. The van der Waals surface area contributed by atoms with Gasteiger partial charge in [0.25, 0.3) is 0 Å². The van der Waals surface area contributed by atoms with Crippen molar-refractivity contribution >= 4 is 5.97 Å². The van der Waals surface area contributed by atoms with Gasteiger partial charge in [-0.1, -0.05) is 0 Å². The third-order valence-electron chi connectivity index (χ3n) is 2.54. The lowest BCUT2D eigenvalue weighted by molar-refractivity contribution is -0.141. The highest BCUT2D eigenvalue weighted by Gasteiger charge is 2.36. The van der Waals surface area contributed by atoms with E-state index in [2.05, 4.69) is 0 Å². The first-order valence-corrected chi connectivity index (χ1v) is 4.42. The van der Waals surface area contributed by atoms with E-state index in [0.717, 1.165) is 6.42 Å². The minimum Gasteiger partial charge on any atom is -0.455 e. The lowest BCUT2D eigenvalue weighted by Crippen LogP contribution is -2.30. The van der Waals surface area contributed by atoms with E-state index >= 15 is 0 Å². The Bertz CT molecular complexity index is 236. The molecule has 2 rings (SSSR count). The summed E-state index contributed by atoms with van der Waals surface area (Å²) in [7, 11) is 0. The Kier molecular flexibility index (Phi) is 2.33. The minimum absolute atomic E-state index is 0.00738. The second-order valence-electron chi connectivity index (χ2n) is 3.30. The van der Waals surface area contributed by atoms with Gasteiger partial charge in [-0.3, -0.25) is 0 Å². The zero-order valence-corrected chi connectivity index (χ0v) is 7.18. The van der Waals surface area contributed by atoms with E-state index < -0.39 is 0 Å². The zero-order valence-electron chi connectivity index (χ0n) is 7.18. The molecule has 2 aliphatic rings. The second-order valence-corrected chi connectivity index (χ2v) is 3.30. The van der Waals surface area contributed by atoms with Crippen molar-refractivity contribution in [3.8, 4) is 0 Å². The predicted octanol–water partition coefficient (Wildman–Crippen LogP) is -0.135. The van der Waals surface area contributed by atoms with Crippen LogP contribution < -0.4 is 0 Å². The van der Waals surface area contributed by atoms with Crippen molar-refractivity contribution in [2.45, 2.75) is 18.6 Å².